The molecule has 1 fully saturated rings. The molecule has 0 heterocycles. The minimum atomic E-state index is -1.05. The Bertz CT molecular complexity index is 827. The molecule has 7 nitrogen and oxygen atoms in total. The van der Waals surface area contributed by atoms with E-state index in [0.29, 0.717) is 28.5 Å². The van der Waals surface area contributed by atoms with Gasteiger partial charge in [-0.25, -0.2) is 4.79 Å². The van der Waals surface area contributed by atoms with E-state index in [1.54, 1.807) is 49.6 Å². The van der Waals surface area contributed by atoms with Crippen molar-refractivity contribution in [3.8, 4) is 17.2 Å². The smallest absolute Gasteiger partial charge is 0.341 e. The highest BCUT2D eigenvalue weighted by atomic mass is 16.5. The molecule has 0 unspecified atom stereocenters. The van der Waals surface area contributed by atoms with E-state index < -0.39 is 12.6 Å². The third kappa shape index (κ3) is 5.16. The normalized spacial score (nSPS) is 13.8. The van der Waals surface area contributed by atoms with E-state index in [-0.39, 0.29) is 12.0 Å². The molecule has 2 aromatic carbocycles. The van der Waals surface area contributed by atoms with Gasteiger partial charge in [0.15, 0.2) is 18.1 Å². The van der Waals surface area contributed by atoms with Crippen molar-refractivity contribution in [2.24, 2.45) is 0 Å². The van der Waals surface area contributed by atoms with Crippen LogP contribution in [0.5, 0.6) is 17.2 Å². The van der Waals surface area contributed by atoms with Crippen LogP contribution in [0.3, 0.4) is 0 Å². The summed E-state index contributed by atoms with van der Waals surface area (Å²) >= 11 is 0. The fraction of sp³-hybridized carbons (Fsp3) is 0.333. The summed E-state index contributed by atoms with van der Waals surface area (Å²) in [7, 11) is 1.57. The first kappa shape index (κ1) is 19.5. The zero-order valence-corrected chi connectivity index (χ0v) is 15.6. The molecule has 1 saturated carbocycles. The predicted octanol–water partition coefficient (Wildman–Crippen LogP) is 3.73. The van der Waals surface area contributed by atoms with Crippen LogP contribution in [0.25, 0.3) is 0 Å². The number of ether oxygens (including phenoxy) is 3. The number of carbonyl (C=O) groups excluding carboxylic acids is 1. The number of anilines is 1. The Labute approximate surface area is 163 Å². The third-order valence-electron chi connectivity index (χ3n) is 4.50. The summed E-state index contributed by atoms with van der Waals surface area (Å²) in [5.74, 6) is 0.255. The quantitative estimate of drug-likeness (QED) is 0.719. The standard InChI is InChI=1S/C21H23NO6/c1-26-18-11-6-14(12-19(18)28-17-4-2-3-5-17)21(25)22-15-7-9-16(10-8-15)27-13-20(23)24/h6-12,17H,2-5,13H2,1H3,(H,22,25)(H,23,24). The molecule has 1 aliphatic carbocycles. The van der Waals surface area contributed by atoms with Crippen LogP contribution < -0.4 is 19.5 Å². The third-order valence-corrected chi connectivity index (χ3v) is 4.50. The van der Waals surface area contributed by atoms with Crippen molar-refractivity contribution in [1.29, 1.82) is 0 Å². The van der Waals surface area contributed by atoms with E-state index in [1.807, 2.05) is 0 Å². The summed E-state index contributed by atoms with van der Waals surface area (Å²) in [5, 5.41) is 11.4. The SMILES string of the molecule is COc1ccc(C(=O)Nc2ccc(OCC(=O)O)cc2)cc1OC1CCCC1. The lowest BCUT2D eigenvalue weighted by Crippen LogP contribution is -2.14. The van der Waals surface area contributed by atoms with E-state index in [0.717, 1.165) is 25.7 Å². The lowest BCUT2D eigenvalue weighted by molar-refractivity contribution is -0.139. The largest absolute Gasteiger partial charge is 0.493 e. The maximum Gasteiger partial charge on any atom is 0.341 e. The van der Waals surface area contributed by atoms with Crippen LogP contribution in [0.4, 0.5) is 5.69 Å². The van der Waals surface area contributed by atoms with Crippen molar-refractivity contribution < 1.29 is 28.9 Å². The Kier molecular flexibility index (Phi) is 6.37. The second-order valence-corrected chi connectivity index (χ2v) is 6.55. The molecule has 0 saturated heterocycles. The second-order valence-electron chi connectivity index (χ2n) is 6.55. The fourth-order valence-electron chi connectivity index (χ4n) is 3.08. The number of methoxy groups -OCH3 is 1. The first-order valence-corrected chi connectivity index (χ1v) is 9.16. The Hall–Kier alpha value is -3.22. The van der Waals surface area contributed by atoms with Gasteiger partial charge in [0.25, 0.3) is 5.91 Å². The molecule has 0 aliphatic heterocycles. The van der Waals surface area contributed by atoms with Crippen molar-refractivity contribution in [3.05, 3.63) is 48.0 Å². The topological polar surface area (TPSA) is 94.1 Å². The summed E-state index contributed by atoms with van der Waals surface area (Å²) in [6.07, 6.45) is 4.48. The summed E-state index contributed by atoms with van der Waals surface area (Å²) in [5.41, 5.74) is 1.03. The molecule has 0 atom stereocenters. The average Bonchev–Trinajstić information content (AvgIpc) is 3.20. The van der Waals surface area contributed by atoms with Gasteiger partial charge in [-0.15, -0.1) is 0 Å². The van der Waals surface area contributed by atoms with E-state index >= 15 is 0 Å². The maximum atomic E-state index is 12.6. The van der Waals surface area contributed by atoms with Gasteiger partial charge in [0.2, 0.25) is 0 Å². The second kappa shape index (κ2) is 9.12. The van der Waals surface area contributed by atoms with Crippen molar-refractivity contribution in [2.45, 2.75) is 31.8 Å². The number of hydrogen-bond acceptors (Lipinski definition) is 5. The van der Waals surface area contributed by atoms with Crippen molar-refractivity contribution >= 4 is 17.6 Å². The zero-order chi connectivity index (χ0) is 19.9. The molecule has 28 heavy (non-hydrogen) atoms. The first-order chi connectivity index (χ1) is 13.5. The zero-order valence-electron chi connectivity index (χ0n) is 15.6. The number of benzene rings is 2. The van der Waals surface area contributed by atoms with E-state index in [2.05, 4.69) is 5.32 Å². The fourth-order valence-corrected chi connectivity index (χ4v) is 3.08. The highest BCUT2D eigenvalue weighted by Crippen LogP contribution is 2.32. The first-order valence-electron chi connectivity index (χ1n) is 9.16. The van der Waals surface area contributed by atoms with Crippen LogP contribution in [0, 0.1) is 0 Å². The van der Waals surface area contributed by atoms with Crippen LogP contribution in [-0.4, -0.2) is 36.8 Å². The molecule has 3 rings (SSSR count). The van der Waals surface area contributed by atoms with E-state index in [4.69, 9.17) is 19.3 Å². The Morgan fingerprint density at radius 2 is 1.79 bits per heavy atom. The number of amides is 1. The van der Waals surface area contributed by atoms with Gasteiger partial charge in [-0.2, -0.15) is 0 Å². The molecular weight excluding hydrogens is 362 g/mol. The number of hydrogen-bond donors (Lipinski definition) is 2. The molecule has 0 bridgehead atoms. The number of nitrogens with one attached hydrogen (secondary N) is 1. The molecule has 7 heteroatoms. The Morgan fingerprint density at radius 3 is 2.43 bits per heavy atom. The highest BCUT2D eigenvalue weighted by molar-refractivity contribution is 6.04. The van der Waals surface area contributed by atoms with Crippen LogP contribution in [0.15, 0.2) is 42.5 Å². The lowest BCUT2D eigenvalue weighted by Gasteiger charge is -2.17. The number of carboxylic acids is 1. The summed E-state index contributed by atoms with van der Waals surface area (Å²) < 4.78 is 16.5. The molecule has 1 aliphatic rings. The number of rotatable bonds is 8. The van der Waals surface area contributed by atoms with Crippen molar-refractivity contribution in [3.63, 3.8) is 0 Å². The predicted molar refractivity (Wildman–Crippen MR) is 103 cm³/mol. The highest BCUT2D eigenvalue weighted by Gasteiger charge is 2.19. The maximum absolute atomic E-state index is 12.6. The van der Waals surface area contributed by atoms with Gasteiger partial charge in [0.1, 0.15) is 5.75 Å². The average molecular weight is 385 g/mol. The minimum Gasteiger partial charge on any atom is -0.493 e. The molecule has 0 radical (unpaired) electrons. The van der Waals surface area contributed by atoms with Crippen LogP contribution >= 0.6 is 0 Å². The monoisotopic (exact) mass is 385 g/mol. The Morgan fingerprint density at radius 1 is 1.07 bits per heavy atom. The summed E-state index contributed by atoms with van der Waals surface area (Å²) in [6.45, 7) is -0.415. The van der Waals surface area contributed by atoms with Crippen molar-refractivity contribution in [2.75, 3.05) is 19.0 Å². The van der Waals surface area contributed by atoms with Gasteiger partial charge < -0.3 is 24.6 Å². The molecule has 0 spiro atoms. The molecule has 0 aromatic heterocycles. The Balaban J connectivity index is 1.67. The van der Waals surface area contributed by atoms with Crippen LogP contribution in [0.1, 0.15) is 36.0 Å². The number of aliphatic carboxylic acids is 1. The van der Waals surface area contributed by atoms with E-state index in [1.165, 1.54) is 0 Å². The molecule has 2 aromatic rings. The van der Waals surface area contributed by atoms with Gasteiger partial charge in [0.05, 0.1) is 13.2 Å². The summed E-state index contributed by atoms with van der Waals surface area (Å²) in [6, 6.07) is 11.6. The molecule has 2 N–H and O–H groups in total. The summed E-state index contributed by atoms with van der Waals surface area (Å²) in [4.78, 5) is 23.1. The lowest BCUT2D eigenvalue weighted by atomic mass is 10.1. The minimum absolute atomic E-state index is 0.158. The number of carbonyl (C=O) groups is 2. The molecular formula is C21H23NO6. The van der Waals surface area contributed by atoms with Gasteiger partial charge in [-0.3, -0.25) is 4.79 Å². The molecule has 148 valence electrons. The van der Waals surface area contributed by atoms with Crippen LogP contribution in [0.2, 0.25) is 0 Å². The van der Waals surface area contributed by atoms with E-state index in [9.17, 15) is 9.59 Å². The van der Waals surface area contributed by atoms with Gasteiger partial charge >= 0.3 is 5.97 Å². The molecule has 1 amide bonds. The van der Waals surface area contributed by atoms with Crippen LogP contribution in [-0.2, 0) is 4.79 Å². The number of carboxylic acid groups (broad SMARTS) is 1. The van der Waals surface area contributed by atoms with Gasteiger partial charge in [-0.05, 0) is 68.1 Å². The van der Waals surface area contributed by atoms with Gasteiger partial charge in [0, 0.05) is 11.3 Å². The van der Waals surface area contributed by atoms with Crippen molar-refractivity contribution in [1.82, 2.24) is 0 Å². The van der Waals surface area contributed by atoms with Gasteiger partial charge in [-0.1, -0.05) is 0 Å².